The van der Waals surface area contributed by atoms with Gasteiger partial charge in [-0.15, -0.1) is 0 Å². The molecule has 0 amide bonds. The standard InChI is InChI=1S/C13H15NO/c1-9-7-10(2)13(11(3)8-9)12(15)5-4-6-14/h7-8H,4-5H2,1-3H3. The van der Waals surface area contributed by atoms with Crippen LogP contribution in [0.2, 0.25) is 0 Å². The monoisotopic (exact) mass is 201 g/mol. The fraction of sp³-hybridized carbons (Fsp3) is 0.385. The first-order valence-electron chi connectivity index (χ1n) is 5.04. The van der Waals surface area contributed by atoms with Crippen molar-refractivity contribution in [2.75, 3.05) is 0 Å². The van der Waals surface area contributed by atoms with Crippen molar-refractivity contribution < 1.29 is 4.79 Å². The lowest BCUT2D eigenvalue weighted by molar-refractivity contribution is 0.0983. The number of Topliss-reactive ketones (excluding diaryl/α,β-unsaturated/α-hetero) is 1. The van der Waals surface area contributed by atoms with Crippen LogP contribution in [0.25, 0.3) is 0 Å². The van der Waals surface area contributed by atoms with E-state index < -0.39 is 0 Å². The maximum absolute atomic E-state index is 11.8. The van der Waals surface area contributed by atoms with Gasteiger partial charge in [0.25, 0.3) is 0 Å². The molecule has 0 aliphatic carbocycles. The largest absolute Gasteiger partial charge is 0.294 e. The maximum atomic E-state index is 11.8. The van der Waals surface area contributed by atoms with Crippen molar-refractivity contribution in [2.45, 2.75) is 33.6 Å². The van der Waals surface area contributed by atoms with Gasteiger partial charge in [-0.3, -0.25) is 4.79 Å². The zero-order chi connectivity index (χ0) is 11.4. The average Bonchev–Trinajstić information content (AvgIpc) is 2.12. The molecule has 1 rings (SSSR count). The summed E-state index contributed by atoms with van der Waals surface area (Å²) in [6.45, 7) is 5.91. The van der Waals surface area contributed by atoms with E-state index in [4.69, 9.17) is 5.26 Å². The summed E-state index contributed by atoms with van der Waals surface area (Å²) in [7, 11) is 0. The smallest absolute Gasteiger partial charge is 0.164 e. The second-order valence-electron chi connectivity index (χ2n) is 3.86. The number of nitrogens with zero attached hydrogens (tertiary/aromatic N) is 1. The van der Waals surface area contributed by atoms with Crippen molar-refractivity contribution in [1.82, 2.24) is 0 Å². The third-order valence-corrected chi connectivity index (χ3v) is 2.42. The van der Waals surface area contributed by atoms with Crippen LogP contribution in [0.1, 0.15) is 39.9 Å². The van der Waals surface area contributed by atoms with Crippen LogP contribution in [0, 0.1) is 32.1 Å². The quantitative estimate of drug-likeness (QED) is 0.705. The van der Waals surface area contributed by atoms with E-state index in [9.17, 15) is 4.79 Å². The molecule has 0 radical (unpaired) electrons. The Hall–Kier alpha value is -1.62. The van der Waals surface area contributed by atoms with E-state index in [2.05, 4.69) is 0 Å². The van der Waals surface area contributed by atoms with Crippen LogP contribution in [0.3, 0.4) is 0 Å². The number of benzene rings is 1. The molecule has 78 valence electrons. The normalized spacial score (nSPS) is 9.73. The van der Waals surface area contributed by atoms with Crippen molar-refractivity contribution in [3.8, 4) is 6.07 Å². The van der Waals surface area contributed by atoms with Crippen molar-refractivity contribution in [2.24, 2.45) is 0 Å². The van der Waals surface area contributed by atoms with Crippen LogP contribution in [0.15, 0.2) is 12.1 Å². The van der Waals surface area contributed by atoms with Gasteiger partial charge in [-0.25, -0.2) is 0 Å². The molecular formula is C13H15NO. The zero-order valence-electron chi connectivity index (χ0n) is 9.42. The summed E-state index contributed by atoms with van der Waals surface area (Å²) < 4.78 is 0. The van der Waals surface area contributed by atoms with Gasteiger partial charge in [-0.2, -0.15) is 5.26 Å². The first-order chi connectivity index (χ1) is 7.06. The molecule has 0 aromatic heterocycles. The summed E-state index contributed by atoms with van der Waals surface area (Å²) in [6, 6.07) is 6.01. The van der Waals surface area contributed by atoms with Gasteiger partial charge in [-0.05, 0) is 31.9 Å². The predicted octanol–water partition coefficient (Wildman–Crippen LogP) is 3.10. The molecule has 2 heteroatoms. The minimum atomic E-state index is 0.0755. The molecule has 15 heavy (non-hydrogen) atoms. The number of aryl methyl sites for hydroxylation is 3. The van der Waals surface area contributed by atoms with Crippen molar-refractivity contribution >= 4 is 5.78 Å². The Morgan fingerprint density at radius 3 is 2.27 bits per heavy atom. The van der Waals surface area contributed by atoms with Crippen molar-refractivity contribution in [3.63, 3.8) is 0 Å². The molecular weight excluding hydrogens is 186 g/mol. The summed E-state index contributed by atoms with van der Waals surface area (Å²) in [6.07, 6.45) is 0.618. The molecule has 0 aliphatic heterocycles. The maximum Gasteiger partial charge on any atom is 0.164 e. The first-order valence-corrected chi connectivity index (χ1v) is 5.04. The average molecular weight is 201 g/mol. The molecule has 1 aromatic carbocycles. The van der Waals surface area contributed by atoms with Gasteiger partial charge < -0.3 is 0 Å². The van der Waals surface area contributed by atoms with E-state index >= 15 is 0 Å². The number of hydrogen-bond acceptors (Lipinski definition) is 2. The highest BCUT2D eigenvalue weighted by Gasteiger charge is 2.11. The lowest BCUT2D eigenvalue weighted by Gasteiger charge is -2.09. The van der Waals surface area contributed by atoms with Gasteiger partial charge in [0.05, 0.1) is 6.07 Å². The zero-order valence-corrected chi connectivity index (χ0v) is 9.42. The second kappa shape index (κ2) is 4.75. The van der Waals surface area contributed by atoms with E-state index in [1.807, 2.05) is 39.0 Å². The van der Waals surface area contributed by atoms with E-state index in [0.29, 0.717) is 12.8 Å². The van der Waals surface area contributed by atoms with Gasteiger partial charge in [0.15, 0.2) is 5.78 Å². The van der Waals surface area contributed by atoms with Crippen LogP contribution >= 0.6 is 0 Å². The van der Waals surface area contributed by atoms with Gasteiger partial charge in [0.2, 0.25) is 0 Å². The Balaban J connectivity index is 3.04. The van der Waals surface area contributed by atoms with Gasteiger partial charge in [0.1, 0.15) is 0 Å². The number of ketones is 1. The number of carbonyl (C=O) groups is 1. The molecule has 0 saturated heterocycles. The summed E-state index contributed by atoms with van der Waals surface area (Å²) in [4.78, 5) is 11.8. The highest BCUT2D eigenvalue weighted by atomic mass is 16.1. The predicted molar refractivity (Wildman–Crippen MR) is 59.8 cm³/mol. The Bertz CT molecular complexity index is 404. The molecule has 0 atom stereocenters. The van der Waals surface area contributed by atoms with Crippen LogP contribution < -0.4 is 0 Å². The van der Waals surface area contributed by atoms with E-state index in [0.717, 1.165) is 16.7 Å². The molecule has 0 fully saturated rings. The third-order valence-electron chi connectivity index (χ3n) is 2.42. The van der Waals surface area contributed by atoms with E-state index in [1.54, 1.807) is 0 Å². The van der Waals surface area contributed by atoms with E-state index in [-0.39, 0.29) is 5.78 Å². The van der Waals surface area contributed by atoms with Gasteiger partial charge in [-0.1, -0.05) is 17.7 Å². The third kappa shape index (κ3) is 2.66. The lowest BCUT2D eigenvalue weighted by atomic mass is 9.95. The van der Waals surface area contributed by atoms with Gasteiger partial charge in [0, 0.05) is 18.4 Å². The highest BCUT2D eigenvalue weighted by molar-refractivity contribution is 5.98. The molecule has 0 saturated carbocycles. The summed E-state index contributed by atoms with van der Waals surface area (Å²) >= 11 is 0. The molecule has 0 bridgehead atoms. The number of rotatable bonds is 3. The molecule has 0 heterocycles. The number of nitriles is 1. The fourth-order valence-corrected chi connectivity index (χ4v) is 1.91. The SMILES string of the molecule is Cc1cc(C)c(C(=O)CCC#N)c(C)c1. The Labute approximate surface area is 90.5 Å². The van der Waals surface area contributed by atoms with E-state index in [1.165, 1.54) is 5.56 Å². The van der Waals surface area contributed by atoms with Gasteiger partial charge >= 0.3 is 0 Å². The fourth-order valence-electron chi connectivity index (χ4n) is 1.91. The van der Waals surface area contributed by atoms with Crippen molar-refractivity contribution in [1.29, 1.82) is 5.26 Å². The molecule has 0 unspecified atom stereocenters. The second-order valence-corrected chi connectivity index (χ2v) is 3.86. The van der Waals surface area contributed by atoms with Crippen LogP contribution in [-0.2, 0) is 0 Å². The Morgan fingerprint density at radius 1 is 1.27 bits per heavy atom. The van der Waals surface area contributed by atoms with Crippen molar-refractivity contribution in [3.05, 3.63) is 34.4 Å². The molecule has 0 spiro atoms. The first kappa shape index (κ1) is 11.5. The van der Waals surface area contributed by atoms with Crippen LogP contribution in [0.4, 0.5) is 0 Å². The number of carbonyl (C=O) groups excluding carboxylic acids is 1. The Morgan fingerprint density at radius 2 is 1.80 bits per heavy atom. The number of hydrogen-bond donors (Lipinski definition) is 0. The van der Waals surface area contributed by atoms with Crippen LogP contribution in [-0.4, -0.2) is 5.78 Å². The molecule has 0 aliphatic rings. The summed E-state index contributed by atoms with van der Waals surface area (Å²) in [5.41, 5.74) is 3.98. The highest BCUT2D eigenvalue weighted by Crippen LogP contribution is 2.18. The minimum Gasteiger partial charge on any atom is -0.294 e. The molecule has 2 nitrogen and oxygen atoms in total. The molecule has 0 N–H and O–H groups in total. The molecule has 1 aromatic rings. The summed E-state index contributed by atoms with van der Waals surface area (Å²) in [5.74, 6) is 0.0755. The Kier molecular flexibility index (Phi) is 3.62. The topological polar surface area (TPSA) is 40.9 Å². The lowest BCUT2D eigenvalue weighted by Crippen LogP contribution is -2.04. The minimum absolute atomic E-state index is 0.0755. The summed E-state index contributed by atoms with van der Waals surface area (Å²) in [5, 5.41) is 8.44. The van der Waals surface area contributed by atoms with Crippen LogP contribution in [0.5, 0.6) is 0 Å².